The molecule has 1 aromatic heterocycles. The molecule has 9 heteroatoms. The SMILES string of the molecule is CCN(CC)C(=O)C1CCCN(c2ncc(C)c(NCc3cccc(C(F)(F)F)c3)n2)C1. The third-order valence-electron chi connectivity index (χ3n) is 5.80. The lowest BCUT2D eigenvalue weighted by molar-refractivity contribution is -0.137. The molecule has 1 aromatic carbocycles. The Morgan fingerprint density at radius 2 is 2.03 bits per heavy atom. The predicted octanol–water partition coefficient (Wildman–Crippen LogP) is 4.50. The number of halogens is 3. The summed E-state index contributed by atoms with van der Waals surface area (Å²) in [6, 6.07) is 5.24. The van der Waals surface area contributed by atoms with Gasteiger partial charge in [-0.25, -0.2) is 4.98 Å². The van der Waals surface area contributed by atoms with Gasteiger partial charge in [-0.05, 0) is 51.3 Å². The largest absolute Gasteiger partial charge is 0.416 e. The first-order valence-corrected chi connectivity index (χ1v) is 11.0. The number of benzene rings is 1. The molecule has 2 aromatic rings. The normalized spacial score (nSPS) is 16.7. The number of hydrogen-bond donors (Lipinski definition) is 1. The van der Waals surface area contributed by atoms with Crippen LogP contribution >= 0.6 is 0 Å². The van der Waals surface area contributed by atoms with Crippen LogP contribution < -0.4 is 10.2 Å². The summed E-state index contributed by atoms with van der Waals surface area (Å²) in [5.41, 5.74) is 0.643. The van der Waals surface area contributed by atoms with Crippen molar-refractivity contribution >= 4 is 17.7 Å². The first-order chi connectivity index (χ1) is 15.2. The highest BCUT2D eigenvalue weighted by atomic mass is 19.4. The molecule has 0 aliphatic carbocycles. The highest BCUT2D eigenvalue weighted by Gasteiger charge is 2.31. The fraction of sp³-hybridized carbons (Fsp3) is 0.522. The average molecular weight is 450 g/mol. The lowest BCUT2D eigenvalue weighted by Gasteiger charge is -2.34. The van der Waals surface area contributed by atoms with Crippen LogP contribution in [0.15, 0.2) is 30.5 Å². The Morgan fingerprint density at radius 1 is 1.28 bits per heavy atom. The molecular formula is C23H30F3N5O. The highest BCUT2D eigenvalue weighted by Crippen LogP contribution is 2.30. The smallest absolute Gasteiger partial charge is 0.366 e. The Hall–Kier alpha value is -2.84. The number of piperidine rings is 1. The monoisotopic (exact) mass is 449 g/mol. The highest BCUT2D eigenvalue weighted by molar-refractivity contribution is 5.79. The van der Waals surface area contributed by atoms with E-state index in [1.807, 2.05) is 30.6 Å². The molecule has 1 aliphatic rings. The van der Waals surface area contributed by atoms with Crippen LogP contribution in [0.1, 0.15) is 43.4 Å². The third kappa shape index (κ3) is 5.69. The Labute approximate surface area is 186 Å². The van der Waals surface area contributed by atoms with Gasteiger partial charge in [-0.2, -0.15) is 18.2 Å². The summed E-state index contributed by atoms with van der Waals surface area (Å²) in [7, 11) is 0. The lowest BCUT2D eigenvalue weighted by atomic mass is 9.96. The maximum absolute atomic E-state index is 13.0. The van der Waals surface area contributed by atoms with Gasteiger partial charge in [0.15, 0.2) is 0 Å². The second-order valence-corrected chi connectivity index (χ2v) is 8.05. The Bertz CT molecular complexity index is 930. The number of carbonyl (C=O) groups excluding carboxylic acids is 1. The number of amides is 1. The van der Waals surface area contributed by atoms with Crippen molar-refractivity contribution in [2.75, 3.05) is 36.4 Å². The number of nitrogens with zero attached hydrogens (tertiary/aromatic N) is 4. The number of alkyl halides is 3. The van der Waals surface area contributed by atoms with Crippen LogP contribution in [0.4, 0.5) is 24.9 Å². The third-order valence-corrected chi connectivity index (χ3v) is 5.80. The molecule has 1 atom stereocenters. The van der Waals surface area contributed by atoms with Crippen molar-refractivity contribution in [3.8, 4) is 0 Å². The molecule has 32 heavy (non-hydrogen) atoms. The number of anilines is 2. The van der Waals surface area contributed by atoms with Crippen molar-refractivity contribution in [2.24, 2.45) is 5.92 Å². The molecule has 3 rings (SSSR count). The van der Waals surface area contributed by atoms with Crippen LogP contribution in [-0.2, 0) is 17.5 Å². The van der Waals surface area contributed by atoms with Gasteiger partial charge in [0.25, 0.3) is 0 Å². The summed E-state index contributed by atoms with van der Waals surface area (Å²) in [4.78, 5) is 25.7. The number of nitrogens with one attached hydrogen (secondary N) is 1. The van der Waals surface area contributed by atoms with E-state index in [1.54, 1.807) is 12.3 Å². The van der Waals surface area contributed by atoms with E-state index in [-0.39, 0.29) is 18.4 Å². The van der Waals surface area contributed by atoms with E-state index in [2.05, 4.69) is 15.3 Å². The van der Waals surface area contributed by atoms with E-state index in [4.69, 9.17) is 0 Å². The molecule has 1 fully saturated rings. The van der Waals surface area contributed by atoms with Crippen LogP contribution in [0.5, 0.6) is 0 Å². The summed E-state index contributed by atoms with van der Waals surface area (Å²) >= 11 is 0. The van der Waals surface area contributed by atoms with Gasteiger partial charge in [-0.1, -0.05) is 12.1 Å². The second kappa shape index (κ2) is 10.2. The van der Waals surface area contributed by atoms with Crippen LogP contribution in [0.25, 0.3) is 0 Å². The van der Waals surface area contributed by atoms with Gasteiger partial charge < -0.3 is 15.1 Å². The van der Waals surface area contributed by atoms with Crippen molar-refractivity contribution in [1.29, 1.82) is 0 Å². The number of hydrogen-bond acceptors (Lipinski definition) is 5. The molecule has 2 heterocycles. The van der Waals surface area contributed by atoms with Crippen molar-refractivity contribution in [3.63, 3.8) is 0 Å². The summed E-state index contributed by atoms with van der Waals surface area (Å²) in [5.74, 6) is 1.17. The maximum Gasteiger partial charge on any atom is 0.416 e. The zero-order valence-electron chi connectivity index (χ0n) is 18.7. The van der Waals surface area contributed by atoms with Gasteiger partial charge in [-0.3, -0.25) is 4.79 Å². The minimum atomic E-state index is -4.37. The fourth-order valence-electron chi connectivity index (χ4n) is 3.96. The van der Waals surface area contributed by atoms with E-state index >= 15 is 0 Å². The molecule has 174 valence electrons. The lowest BCUT2D eigenvalue weighted by Crippen LogP contribution is -2.45. The molecule has 1 N–H and O–H groups in total. The fourth-order valence-corrected chi connectivity index (χ4v) is 3.96. The molecule has 0 spiro atoms. The van der Waals surface area contributed by atoms with E-state index in [1.165, 1.54) is 6.07 Å². The molecule has 0 bridgehead atoms. The molecule has 1 saturated heterocycles. The molecule has 0 saturated carbocycles. The summed E-state index contributed by atoms with van der Waals surface area (Å²) in [6.07, 6.45) is -0.950. The van der Waals surface area contributed by atoms with Gasteiger partial charge in [0.05, 0.1) is 11.5 Å². The number of aryl methyl sites for hydroxylation is 1. The molecular weight excluding hydrogens is 419 g/mol. The molecule has 0 radical (unpaired) electrons. The van der Waals surface area contributed by atoms with Crippen molar-refractivity contribution in [3.05, 3.63) is 47.2 Å². The van der Waals surface area contributed by atoms with E-state index in [9.17, 15) is 18.0 Å². The minimum Gasteiger partial charge on any atom is -0.366 e. The Morgan fingerprint density at radius 3 is 2.72 bits per heavy atom. The average Bonchev–Trinajstić information content (AvgIpc) is 2.79. The first kappa shape index (κ1) is 23.8. The molecule has 1 amide bonds. The van der Waals surface area contributed by atoms with Crippen LogP contribution in [0.3, 0.4) is 0 Å². The minimum absolute atomic E-state index is 0.0879. The van der Waals surface area contributed by atoms with Crippen molar-refractivity contribution in [2.45, 2.75) is 46.3 Å². The summed E-state index contributed by atoms with van der Waals surface area (Å²) in [5, 5.41) is 3.14. The number of rotatable bonds is 7. The summed E-state index contributed by atoms with van der Waals surface area (Å²) < 4.78 is 38.9. The summed E-state index contributed by atoms with van der Waals surface area (Å²) in [6.45, 7) is 8.73. The quantitative estimate of drug-likeness (QED) is 0.674. The van der Waals surface area contributed by atoms with Gasteiger partial charge in [0.1, 0.15) is 5.82 Å². The molecule has 1 unspecified atom stereocenters. The Balaban J connectivity index is 1.71. The Kier molecular flexibility index (Phi) is 7.58. The predicted molar refractivity (Wildman–Crippen MR) is 118 cm³/mol. The topological polar surface area (TPSA) is 61.4 Å². The molecule has 1 aliphatic heterocycles. The standard InChI is InChI=1S/C23H30F3N5O/c1-4-30(5-2)21(32)18-9-7-11-31(15-18)22-28-13-16(3)20(29-22)27-14-17-8-6-10-19(12-17)23(24,25)26/h6,8,10,12-13,18H,4-5,7,9,11,14-15H2,1-3H3,(H,27,28,29). The van der Waals surface area contributed by atoms with Gasteiger partial charge in [0, 0.05) is 44.5 Å². The number of aromatic nitrogens is 2. The van der Waals surface area contributed by atoms with Crippen molar-refractivity contribution < 1.29 is 18.0 Å². The van der Waals surface area contributed by atoms with Gasteiger partial charge >= 0.3 is 6.18 Å². The number of carbonyl (C=O) groups is 1. The van der Waals surface area contributed by atoms with E-state index in [0.717, 1.165) is 37.1 Å². The zero-order valence-corrected chi connectivity index (χ0v) is 18.7. The molecule has 6 nitrogen and oxygen atoms in total. The van der Waals surface area contributed by atoms with E-state index in [0.29, 0.717) is 37.0 Å². The zero-order chi connectivity index (χ0) is 23.3. The second-order valence-electron chi connectivity index (χ2n) is 8.05. The van der Waals surface area contributed by atoms with E-state index < -0.39 is 11.7 Å². The first-order valence-electron chi connectivity index (χ1n) is 11.0. The van der Waals surface area contributed by atoms with Crippen molar-refractivity contribution in [1.82, 2.24) is 14.9 Å². The van der Waals surface area contributed by atoms with Crippen LogP contribution in [-0.4, -0.2) is 47.0 Å². The maximum atomic E-state index is 13.0. The van der Waals surface area contributed by atoms with Crippen LogP contribution in [0.2, 0.25) is 0 Å². The van der Waals surface area contributed by atoms with Gasteiger partial charge in [0.2, 0.25) is 11.9 Å². The van der Waals surface area contributed by atoms with Crippen LogP contribution in [0, 0.1) is 12.8 Å². The van der Waals surface area contributed by atoms with Gasteiger partial charge in [-0.15, -0.1) is 0 Å².